The lowest BCUT2D eigenvalue weighted by Crippen LogP contribution is -2.20. The minimum Gasteiger partial charge on any atom is -0.345 e. The molecule has 0 atom stereocenters. The highest BCUT2D eigenvalue weighted by atomic mass is 35.5. The highest BCUT2D eigenvalue weighted by molar-refractivity contribution is 6.30. The Labute approximate surface area is 121 Å². The predicted molar refractivity (Wildman–Crippen MR) is 80.2 cm³/mol. The number of Topliss-reactive ketones (excluding diaryl/α,β-unsaturated/α-hetero) is 1. The molecule has 0 aromatic carbocycles. The Morgan fingerprint density at radius 1 is 1.32 bits per heavy atom. The number of aromatic nitrogens is 1. The molecule has 1 aliphatic rings. The van der Waals surface area contributed by atoms with Crippen LogP contribution in [0.1, 0.15) is 66.8 Å². The molecular weight excluding hydrogens is 258 g/mol. The topological polar surface area (TPSA) is 22.0 Å². The summed E-state index contributed by atoms with van der Waals surface area (Å²) in [5.74, 6) is 1.02. The van der Waals surface area contributed by atoms with Crippen molar-refractivity contribution in [1.29, 1.82) is 0 Å². The van der Waals surface area contributed by atoms with Gasteiger partial charge in [0.25, 0.3) is 0 Å². The standard InChI is InChI=1S/C16H24ClNO/c1-4-13-5-7-14(8-6-13)18-11(2)9-15(12(18)3)16(19)10-17/h9,13-14H,4-8,10H2,1-3H3. The second-order valence-electron chi connectivity index (χ2n) is 5.79. The van der Waals surface area contributed by atoms with Crippen molar-refractivity contribution in [1.82, 2.24) is 4.57 Å². The number of carbonyl (C=O) groups is 1. The van der Waals surface area contributed by atoms with E-state index in [-0.39, 0.29) is 11.7 Å². The molecule has 1 aromatic heterocycles. The van der Waals surface area contributed by atoms with Crippen LogP contribution in [-0.2, 0) is 0 Å². The molecule has 2 nitrogen and oxygen atoms in total. The van der Waals surface area contributed by atoms with Gasteiger partial charge in [0.1, 0.15) is 0 Å². The maximum Gasteiger partial charge on any atom is 0.179 e. The van der Waals surface area contributed by atoms with Gasteiger partial charge in [-0.25, -0.2) is 0 Å². The van der Waals surface area contributed by atoms with Crippen LogP contribution in [-0.4, -0.2) is 16.2 Å². The molecule has 0 N–H and O–H groups in total. The van der Waals surface area contributed by atoms with Crippen LogP contribution >= 0.6 is 11.6 Å². The molecule has 1 aliphatic carbocycles. The van der Waals surface area contributed by atoms with Crippen LogP contribution in [0.25, 0.3) is 0 Å². The number of hydrogen-bond donors (Lipinski definition) is 0. The van der Waals surface area contributed by atoms with Gasteiger partial charge in [0.2, 0.25) is 0 Å². The average Bonchev–Trinajstić information content (AvgIpc) is 2.73. The number of rotatable bonds is 4. The van der Waals surface area contributed by atoms with E-state index in [1.54, 1.807) is 0 Å². The zero-order valence-corrected chi connectivity index (χ0v) is 13.0. The first-order valence-corrected chi connectivity index (χ1v) is 7.89. The van der Waals surface area contributed by atoms with Gasteiger partial charge in [0.15, 0.2) is 5.78 Å². The normalized spacial score (nSPS) is 23.6. The first-order chi connectivity index (χ1) is 9.08. The number of hydrogen-bond acceptors (Lipinski definition) is 1. The van der Waals surface area contributed by atoms with E-state index in [4.69, 9.17) is 11.6 Å². The number of aryl methyl sites for hydroxylation is 1. The van der Waals surface area contributed by atoms with Crippen molar-refractivity contribution in [3.63, 3.8) is 0 Å². The monoisotopic (exact) mass is 281 g/mol. The Morgan fingerprint density at radius 2 is 1.95 bits per heavy atom. The summed E-state index contributed by atoms with van der Waals surface area (Å²) in [6.45, 7) is 6.44. The smallest absolute Gasteiger partial charge is 0.179 e. The lowest BCUT2D eigenvalue weighted by atomic mass is 9.84. The Balaban J connectivity index is 2.21. The highest BCUT2D eigenvalue weighted by Gasteiger charge is 2.25. The van der Waals surface area contributed by atoms with Crippen LogP contribution < -0.4 is 0 Å². The van der Waals surface area contributed by atoms with E-state index in [0.717, 1.165) is 17.2 Å². The first kappa shape index (κ1) is 14.6. The summed E-state index contributed by atoms with van der Waals surface area (Å²) in [4.78, 5) is 11.8. The maximum absolute atomic E-state index is 11.8. The summed E-state index contributed by atoms with van der Waals surface area (Å²) in [6, 6.07) is 2.58. The van der Waals surface area contributed by atoms with Crippen LogP contribution in [0.5, 0.6) is 0 Å². The number of nitrogens with zero attached hydrogens (tertiary/aromatic N) is 1. The Hall–Kier alpha value is -0.760. The molecule has 106 valence electrons. The fourth-order valence-electron chi connectivity index (χ4n) is 3.50. The number of carbonyl (C=O) groups excluding carboxylic acids is 1. The van der Waals surface area contributed by atoms with E-state index >= 15 is 0 Å². The van der Waals surface area contributed by atoms with Crippen LogP contribution in [0.3, 0.4) is 0 Å². The summed E-state index contributed by atoms with van der Waals surface area (Å²) >= 11 is 5.68. The van der Waals surface area contributed by atoms with Crippen LogP contribution in [0.4, 0.5) is 0 Å². The minimum absolute atomic E-state index is 0.0447. The Kier molecular flexibility index (Phi) is 4.72. The van der Waals surface area contributed by atoms with E-state index in [1.165, 1.54) is 37.8 Å². The quantitative estimate of drug-likeness (QED) is 0.581. The molecular formula is C16H24ClNO. The molecule has 0 aliphatic heterocycles. The van der Waals surface area contributed by atoms with Gasteiger partial charge >= 0.3 is 0 Å². The Morgan fingerprint density at radius 3 is 2.47 bits per heavy atom. The summed E-state index contributed by atoms with van der Waals surface area (Å²) in [7, 11) is 0. The lowest BCUT2D eigenvalue weighted by Gasteiger charge is -2.31. The van der Waals surface area contributed by atoms with Crippen molar-refractivity contribution in [2.75, 3.05) is 5.88 Å². The number of ketones is 1. The molecule has 0 spiro atoms. The molecule has 19 heavy (non-hydrogen) atoms. The average molecular weight is 282 g/mol. The highest BCUT2D eigenvalue weighted by Crippen LogP contribution is 2.36. The predicted octanol–water partition coefficient (Wildman–Crippen LogP) is 4.67. The van der Waals surface area contributed by atoms with Gasteiger partial charge in [-0.2, -0.15) is 0 Å². The SMILES string of the molecule is CCC1CCC(n2c(C)cc(C(=O)CCl)c2C)CC1. The van der Waals surface area contributed by atoms with E-state index in [9.17, 15) is 4.79 Å². The van der Waals surface area contributed by atoms with Gasteiger partial charge in [-0.05, 0) is 51.5 Å². The summed E-state index contributed by atoms with van der Waals surface area (Å²) in [5, 5.41) is 0. The minimum atomic E-state index is 0.0447. The van der Waals surface area contributed by atoms with Crippen molar-refractivity contribution < 1.29 is 4.79 Å². The van der Waals surface area contributed by atoms with Crippen molar-refractivity contribution >= 4 is 17.4 Å². The molecule has 2 rings (SSSR count). The van der Waals surface area contributed by atoms with Gasteiger partial charge in [-0.3, -0.25) is 4.79 Å². The third kappa shape index (κ3) is 2.89. The molecule has 0 radical (unpaired) electrons. The fourth-order valence-corrected chi connectivity index (χ4v) is 3.65. The van der Waals surface area contributed by atoms with E-state index in [0.29, 0.717) is 6.04 Å². The van der Waals surface area contributed by atoms with E-state index in [1.807, 2.05) is 6.07 Å². The van der Waals surface area contributed by atoms with Crippen LogP contribution in [0.2, 0.25) is 0 Å². The van der Waals surface area contributed by atoms with Crippen molar-refractivity contribution in [3.05, 3.63) is 23.0 Å². The van der Waals surface area contributed by atoms with E-state index in [2.05, 4.69) is 25.3 Å². The second-order valence-corrected chi connectivity index (χ2v) is 6.06. The summed E-state index contributed by atoms with van der Waals surface area (Å²) in [6.07, 6.45) is 6.41. The van der Waals surface area contributed by atoms with Crippen molar-refractivity contribution in [2.24, 2.45) is 5.92 Å². The van der Waals surface area contributed by atoms with Gasteiger partial charge in [-0.15, -0.1) is 11.6 Å². The fraction of sp³-hybridized carbons (Fsp3) is 0.688. The van der Waals surface area contributed by atoms with Gasteiger partial charge < -0.3 is 4.57 Å². The zero-order chi connectivity index (χ0) is 14.0. The van der Waals surface area contributed by atoms with Gasteiger partial charge in [-0.1, -0.05) is 13.3 Å². The first-order valence-electron chi connectivity index (χ1n) is 7.36. The molecule has 0 saturated heterocycles. The molecule has 0 amide bonds. The molecule has 1 heterocycles. The maximum atomic E-state index is 11.8. The summed E-state index contributed by atoms with van der Waals surface area (Å²) < 4.78 is 2.37. The molecule has 1 saturated carbocycles. The van der Waals surface area contributed by atoms with E-state index < -0.39 is 0 Å². The molecule has 0 bridgehead atoms. The third-order valence-corrected chi connectivity index (χ3v) is 4.91. The largest absolute Gasteiger partial charge is 0.345 e. The van der Waals surface area contributed by atoms with Gasteiger partial charge in [0, 0.05) is 23.0 Å². The molecule has 1 aromatic rings. The Bertz CT molecular complexity index is 456. The third-order valence-electron chi connectivity index (χ3n) is 4.66. The molecule has 3 heteroatoms. The molecule has 0 unspecified atom stereocenters. The molecule has 1 fully saturated rings. The van der Waals surface area contributed by atoms with Crippen LogP contribution in [0.15, 0.2) is 6.07 Å². The van der Waals surface area contributed by atoms with Crippen molar-refractivity contribution in [3.8, 4) is 0 Å². The number of alkyl halides is 1. The lowest BCUT2D eigenvalue weighted by molar-refractivity contribution is 0.102. The second kappa shape index (κ2) is 6.13. The zero-order valence-electron chi connectivity index (χ0n) is 12.2. The van der Waals surface area contributed by atoms with Crippen LogP contribution in [0, 0.1) is 19.8 Å². The van der Waals surface area contributed by atoms with Gasteiger partial charge in [0.05, 0.1) is 5.88 Å². The van der Waals surface area contributed by atoms with Crippen molar-refractivity contribution in [2.45, 2.75) is 58.9 Å². The summed E-state index contributed by atoms with van der Waals surface area (Å²) in [5.41, 5.74) is 3.11. The number of halogens is 1.